The van der Waals surface area contributed by atoms with Crippen LogP contribution in [-0.2, 0) is 26.5 Å². The van der Waals surface area contributed by atoms with Crippen LogP contribution in [0.25, 0.3) is 54.3 Å². The molecular weight excluding hydrogens is 725 g/mol. The summed E-state index contributed by atoms with van der Waals surface area (Å²) in [5.41, 5.74) is 5.53. The minimum atomic E-state index is -2.25. The summed E-state index contributed by atoms with van der Waals surface area (Å²) < 4.78 is 47.2. The van der Waals surface area contributed by atoms with Crippen molar-refractivity contribution in [2.24, 2.45) is 5.41 Å². The van der Waals surface area contributed by atoms with E-state index in [0.29, 0.717) is 28.1 Å². The molecule has 0 atom stereocenters. The van der Waals surface area contributed by atoms with E-state index in [1.165, 1.54) is 6.07 Å². The van der Waals surface area contributed by atoms with Gasteiger partial charge in [0.15, 0.2) is 0 Å². The maximum atomic E-state index is 8.39. The van der Waals surface area contributed by atoms with Gasteiger partial charge in [-0.15, -0.1) is 65.2 Å². The maximum Gasteiger partial charge on any atom is 0.228 e. The van der Waals surface area contributed by atoms with E-state index in [9.17, 15) is 0 Å². The van der Waals surface area contributed by atoms with Crippen LogP contribution >= 0.6 is 11.3 Å². The van der Waals surface area contributed by atoms with Crippen LogP contribution in [0.5, 0.6) is 0 Å². The summed E-state index contributed by atoms with van der Waals surface area (Å²) in [6.07, 6.45) is 0.0246. The zero-order valence-corrected chi connectivity index (χ0v) is 27.1. The molecule has 7 rings (SSSR count). The van der Waals surface area contributed by atoms with Gasteiger partial charge in [-0.1, -0.05) is 87.8 Å². The standard InChI is InChI=1S/C23H24N.C15H8NOS.Ir/c1-17-10-12-20(14-21(17)19-8-6-5-7-9-19)22-13-11-18(16-24-22)15-23(2,3)4;1-2-6-10(7-3-1)15-16-14-13(18-15)11-8-4-5-9-12(11)17-14;/h5-11,13-14,16H,15H2,1-4H3;1-6,8-9H;/q2*-1;/i1D3,15D2;;. The fraction of sp³-hybridized carbons (Fsp3) is 0.158. The van der Waals surface area contributed by atoms with Crippen LogP contribution in [0.2, 0.25) is 0 Å². The van der Waals surface area contributed by atoms with Crippen molar-refractivity contribution in [2.75, 3.05) is 0 Å². The summed E-state index contributed by atoms with van der Waals surface area (Å²) in [5.74, 6) is 0. The average Bonchev–Trinajstić information content (AvgIpc) is 3.63. The monoisotopic (exact) mass is 762 g/mol. The molecule has 0 unspecified atom stereocenters. The Hall–Kier alpha value is -3.89. The van der Waals surface area contributed by atoms with Crippen molar-refractivity contribution in [1.29, 1.82) is 0 Å². The molecule has 5 heteroatoms. The van der Waals surface area contributed by atoms with E-state index in [0.717, 1.165) is 31.8 Å². The third kappa shape index (κ3) is 7.19. The number of aryl methyl sites for hydroxylation is 1. The van der Waals surface area contributed by atoms with Crippen LogP contribution in [0.15, 0.2) is 114 Å². The Morgan fingerprint density at radius 1 is 0.907 bits per heavy atom. The smallest absolute Gasteiger partial charge is 0.228 e. The van der Waals surface area contributed by atoms with Crippen molar-refractivity contribution in [1.82, 2.24) is 9.97 Å². The van der Waals surface area contributed by atoms with Crippen molar-refractivity contribution in [3.05, 3.63) is 133 Å². The van der Waals surface area contributed by atoms with Gasteiger partial charge in [-0.05, 0) is 40.7 Å². The largest absolute Gasteiger partial charge is 0.438 e. The molecule has 0 aliphatic heterocycles. The van der Waals surface area contributed by atoms with Crippen LogP contribution in [0.1, 0.15) is 38.8 Å². The Kier molecular flexibility index (Phi) is 7.52. The molecule has 1 radical (unpaired) electrons. The van der Waals surface area contributed by atoms with Gasteiger partial charge in [-0.3, -0.25) is 4.98 Å². The van der Waals surface area contributed by atoms with Crippen molar-refractivity contribution >= 4 is 32.7 Å². The van der Waals surface area contributed by atoms with Crippen LogP contribution in [-0.4, -0.2) is 9.97 Å². The minimum Gasteiger partial charge on any atom is -0.438 e. The van der Waals surface area contributed by atoms with Gasteiger partial charge in [0, 0.05) is 43.5 Å². The third-order valence-electron chi connectivity index (χ3n) is 6.47. The fourth-order valence-electron chi connectivity index (χ4n) is 4.59. The molecule has 0 bridgehead atoms. The molecule has 0 saturated carbocycles. The fourth-order valence-corrected chi connectivity index (χ4v) is 5.60. The minimum absolute atomic E-state index is 0. The van der Waals surface area contributed by atoms with E-state index in [-0.39, 0.29) is 25.7 Å². The average molecular weight is 762 g/mol. The number of benzene rings is 4. The molecule has 217 valence electrons. The number of hydrogen-bond acceptors (Lipinski definition) is 4. The molecule has 43 heavy (non-hydrogen) atoms. The van der Waals surface area contributed by atoms with Crippen LogP contribution < -0.4 is 0 Å². The van der Waals surface area contributed by atoms with Crippen molar-refractivity contribution in [3.63, 3.8) is 0 Å². The number of furan rings is 1. The molecular formula is C38H32IrN2OS-2. The van der Waals surface area contributed by atoms with Crippen molar-refractivity contribution in [2.45, 2.75) is 34.0 Å². The molecule has 3 nitrogen and oxygen atoms in total. The van der Waals surface area contributed by atoms with Gasteiger partial charge in [0.1, 0.15) is 5.58 Å². The predicted octanol–water partition coefficient (Wildman–Crippen LogP) is 10.6. The van der Waals surface area contributed by atoms with Crippen molar-refractivity contribution in [3.8, 4) is 33.0 Å². The Bertz CT molecular complexity index is 2140. The van der Waals surface area contributed by atoms with Crippen LogP contribution in [0.4, 0.5) is 0 Å². The number of thiazole rings is 1. The Balaban J connectivity index is 0.000000202. The van der Waals surface area contributed by atoms with Crippen LogP contribution in [0.3, 0.4) is 0 Å². The summed E-state index contributed by atoms with van der Waals surface area (Å²) in [7, 11) is 0. The molecule has 4 aromatic carbocycles. The summed E-state index contributed by atoms with van der Waals surface area (Å²) >= 11 is 1.65. The van der Waals surface area contributed by atoms with E-state index in [2.05, 4.69) is 28.2 Å². The Morgan fingerprint density at radius 3 is 2.42 bits per heavy atom. The first-order valence-corrected chi connectivity index (χ1v) is 14.5. The number of pyridine rings is 1. The SMILES string of the molecule is [2H]C([2H])([2H])c1c[c-]c(-c2ccc(C([2H])([2H])C(C)(C)C)cn2)cc1-c1ccccc1.[Ir].[c-]1ccccc1-c1nc2oc3ccccc3c2s1. The molecule has 0 spiro atoms. The van der Waals surface area contributed by atoms with E-state index in [4.69, 9.17) is 11.3 Å². The molecule has 3 heterocycles. The molecule has 0 N–H and O–H groups in total. The normalized spacial score (nSPS) is 13.5. The predicted molar refractivity (Wildman–Crippen MR) is 176 cm³/mol. The summed E-state index contributed by atoms with van der Waals surface area (Å²) in [6, 6.07) is 38.3. The summed E-state index contributed by atoms with van der Waals surface area (Å²) in [6.45, 7) is 3.32. The molecule has 0 aliphatic carbocycles. The first kappa shape index (κ1) is 24.5. The van der Waals surface area contributed by atoms with Gasteiger partial charge < -0.3 is 9.40 Å². The number of fused-ring (bicyclic) bond motifs is 3. The number of rotatable bonds is 4. The number of nitrogens with zero attached hydrogens (tertiary/aromatic N) is 2. The van der Waals surface area contributed by atoms with Crippen LogP contribution in [0, 0.1) is 24.4 Å². The third-order valence-corrected chi connectivity index (χ3v) is 7.57. The Labute approximate surface area is 278 Å². The molecule has 7 aromatic rings. The Morgan fingerprint density at radius 2 is 1.70 bits per heavy atom. The molecule has 0 fully saturated rings. The first-order valence-electron chi connectivity index (χ1n) is 16.2. The first-order chi connectivity index (χ1) is 22.3. The van der Waals surface area contributed by atoms with E-state index in [1.54, 1.807) is 35.7 Å². The number of para-hydroxylation sites is 1. The quantitative estimate of drug-likeness (QED) is 0.168. The second-order valence-corrected chi connectivity index (χ2v) is 11.9. The van der Waals surface area contributed by atoms with Gasteiger partial charge in [0.05, 0.1) is 4.70 Å². The zero-order chi connectivity index (χ0) is 33.4. The zero-order valence-electron chi connectivity index (χ0n) is 28.9. The number of hydrogen-bond donors (Lipinski definition) is 0. The molecule has 3 aromatic heterocycles. The summed E-state index contributed by atoms with van der Waals surface area (Å²) in [5, 5.41) is 2.09. The van der Waals surface area contributed by atoms with E-state index >= 15 is 0 Å². The molecule has 0 aliphatic rings. The molecule has 0 amide bonds. The maximum absolute atomic E-state index is 8.39. The van der Waals surface area contributed by atoms with Crippen molar-refractivity contribution < 1.29 is 31.4 Å². The van der Waals surface area contributed by atoms with Gasteiger partial charge >= 0.3 is 0 Å². The molecule has 0 saturated heterocycles. The number of aromatic nitrogens is 2. The van der Waals surface area contributed by atoms with Gasteiger partial charge in [-0.25, -0.2) is 0 Å². The topological polar surface area (TPSA) is 38.9 Å². The van der Waals surface area contributed by atoms with E-state index in [1.807, 2.05) is 93.6 Å². The van der Waals surface area contributed by atoms with Gasteiger partial charge in [0.25, 0.3) is 0 Å². The second kappa shape index (κ2) is 13.2. The summed E-state index contributed by atoms with van der Waals surface area (Å²) in [4.78, 5) is 8.98. The van der Waals surface area contributed by atoms with Gasteiger partial charge in [0.2, 0.25) is 5.71 Å². The van der Waals surface area contributed by atoms with Gasteiger partial charge in [-0.2, -0.15) is 11.3 Å². The van der Waals surface area contributed by atoms with E-state index < -0.39 is 18.6 Å². The second-order valence-electron chi connectivity index (χ2n) is 10.9.